The Kier molecular flexibility index (Phi) is 5.32. The molecule has 112 valence electrons. The topological polar surface area (TPSA) is 72.3 Å². The number of benzene rings is 1. The minimum Gasteiger partial charge on any atom is -0.369 e. The van der Waals surface area contributed by atoms with Crippen molar-refractivity contribution >= 4 is 5.91 Å². The third-order valence-electron chi connectivity index (χ3n) is 3.78. The fourth-order valence-corrected chi connectivity index (χ4v) is 2.57. The van der Waals surface area contributed by atoms with E-state index in [1.54, 1.807) is 6.07 Å². The molecule has 1 saturated heterocycles. The molecular formula is C16H20FN3O. The van der Waals surface area contributed by atoms with Gasteiger partial charge < -0.3 is 11.5 Å². The SMILES string of the molecule is NCC#Cc1cc(F)ccc1CN1CCC(C(N)=O)CC1. The van der Waals surface area contributed by atoms with E-state index in [4.69, 9.17) is 11.5 Å². The average molecular weight is 289 g/mol. The van der Waals surface area contributed by atoms with Gasteiger partial charge in [-0.25, -0.2) is 4.39 Å². The number of hydrogen-bond donors (Lipinski definition) is 2. The lowest BCUT2D eigenvalue weighted by molar-refractivity contribution is -0.123. The molecule has 0 bridgehead atoms. The van der Waals surface area contributed by atoms with Crippen molar-refractivity contribution in [2.24, 2.45) is 17.4 Å². The molecule has 2 rings (SSSR count). The number of primary amides is 1. The van der Waals surface area contributed by atoms with Gasteiger partial charge in [-0.05, 0) is 43.6 Å². The number of nitrogens with zero attached hydrogens (tertiary/aromatic N) is 1. The molecule has 1 aromatic rings. The van der Waals surface area contributed by atoms with Gasteiger partial charge in [-0.2, -0.15) is 0 Å². The maximum absolute atomic E-state index is 13.3. The van der Waals surface area contributed by atoms with Crippen molar-refractivity contribution in [2.75, 3.05) is 19.6 Å². The van der Waals surface area contributed by atoms with Crippen LogP contribution in [0.1, 0.15) is 24.0 Å². The van der Waals surface area contributed by atoms with E-state index in [1.807, 2.05) is 0 Å². The molecule has 1 amide bonds. The highest BCUT2D eigenvalue weighted by Crippen LogP contribution is 2.20. The Morgan fingerprint density at radius 3 is 2.71 bits per heavy atom. The van der Waals surface area contributed by atoms with Gasteiger partial charge in [0.05, 0.1) is 6.54 Å². The van der Waals surface area contributed by atoms with E-state index >= 15 is 0 Å². The molecule has 5 heteroatoms. The molecule has 0 aliphatic carbocycles. The van der Waals surface area contributed by atoms with Gasteiger partial charge in [0.1, 0.15) is 5.82 Å². The molecule has 0 atom stereocenters. The van der Waals surface area contributed by atoms with Gasteiger partial charge in [0.15, 0.2) is 0 Å². The van der Waals surface area contributed by atoms with Gasteiger partial charge in [-0.3, -0.25) is 9.69 Å². The minimum atomic E-state index is -0.299. The number of rotatable bonds is 3. The number of amides is 1. The molecule has 1 aromatic carbocycles. The van der Waals surface area contributed by atoms with E-state index in [1.165, 1.54) is 12.1 Å². The van der Waals surface area contributed by atoms with Crippen molar-refractivity contribution in [3.8, 4) is 11.8 Å². The molecule has 1 heterocycles. The van der Waals surface area contributed by atoms with Crippen molar-refractivity contribution in [3.63, 3.8) is 0 Å². The first-order valence-corrected chi connectivity index (χ1v) is 7.09. The summed E-state index contributed by atoms with van der Waals surface area (Å²) in [5.74, 6) is 5.14. The zero-order valence-corrected chi connectivity index (χ0v) is 11.9. The van der Waals surface area contributed by atoms with E-state index in [0.29, 0.717) is 12.1 Å². The smallest absolute Gasteiger partial charge is 0.220 e. The largest absolute Gasteiger partial charge is 0.369 e. The molecular weight excluding hydrogens is 269 g/mol. The van der Waals surface area contributed by atoms with Crippen LogP contribution in [0.3, 0.4) is 0 Å². The number of carbonyl (C=O) groups excluding carboxylic acids is 1. The Morgan fingerprint density at radius 1 is 1.38 bits per heavy atom. The summed E-state index contributed by atoms with van der Waals surface area (Å²) >= 11 is 0. The third-order valence-corrected chi connectivity index (χ3v) is 3.78. The molecule has 0 aromatic heterocycles. The van der Waals surface area contributed by atoms with Crippen LogP contribution < -0.4 is 11.5 Å². The highest BCUT2D eigenvalue weighted by Gasteiger charge is 2.23. The maximum Gasteiger partial charge on any atom is 0.220 e. The lowest BCUT2D eigenvalue weighted by atomic mass is 9.95. The standard InChI is InChI=1S/C16H20FN3O/c17-15-4-3-14(13(10-15)2-1-7-18)11-20-8-5-12(6-9-20)16(19)21/h3-4,10,12H,5-9,11,18H2,(H2,19,21). The predicted octanol–water partition coefficient (Wildman–Crippen LogP) is 0.833. The van der Waals surface area contributed by atoms with E-state index in [9.17, 15) is 9.18 Å². The second-order valence-corrected chi connectivity index (χ2v) is 5.26. The van der Waals surface area contributed by atoms with Crippen molar-refractivity contribution in [1.82, 2.24) is 4.90 Å². The van der Waals surface area contributed by atoms with E-state index in [2.05, 4.69) is 16.7 Å². The van der Waals surface area contributed by atoms with Crippen LogP contribution in [0.2, 0.25) is 0 Å². The molecule has 0 unspecified atom stereocenters. The average Bonchev–Trinajstić information content (AvgIpc) is 2.48. The molecule has 0 spiro atoms. The predicted molar refractivity (Wildman–Crippen MR) is 79.5 cm³/mol. The zero-order chi connectivity index (χ0) is 15.2. The third kappa shape index (κ3) is 4.28. The van der Waals surface area contributed by atoms with Crippen molar-refractivity contribution in [3.05, 3.63) is 35.1 Å². The van der Waals surface area contributed by atoms with Crippen LogP contribution in [-0.2, 0) is 11.3 Å². The van der Waals surface area contributed by atoms with Crippen LogP contribution in [0, 0.1) is 23.6 Å². The molecule has 0 radical (unpaired) electrons. The van der Waals surface area contributed by atoms with E-state index in [0.717, 1.165) is 31.5 Å². The fraction of sp³-hybridized carbons (Fsp3) is 0.438. The van der Waals surface area contributed by atoms with E-state index < -0.39 is 0 Å². The van der Waals surface area contributed by atoms with E-state index in [-0.39, 0.29) is 24.2 Å². The molecule has 4 nitrogen and oxygen atoms in total. The number of hydrogen-bond acceptors (Lipinski definition) is 3. The number of piperidine rings is 1. The first-order chi connectivity index (χ1) is 10.1. The number of carbonyl (C=O) groups is 1. The van der Waals surface area contributed by atoms with Crippen LogP contribution in [0.5, 0.6) is 0 Å². The zero-order valence-electron chi connectivity index (χ0n) is 11.9. The lowest BCUT2D eigenvalue weighted by Crippen LogP contribution is -2.38. The molecule has 0 saturated carbocycles. The van der Waals surface area contributed by atoms with Gasteiger partial charge in [-0.1, -0.05) is 17.9 Å². The van der Waals surface area contributed by atoms with Crippen molar-refractivity contribution in [2.45, 2.75) is 19.4 Å². The van der Waals surface area contributed by atoms with Crippen LogP contribution in [-0.4, -0.2) is 30.4 Å². The summed E-state index contributed by atoms with van der Waals surface area (Å²) in [6.45, 7) is 2.57. The van der Waals surface area contributed by atoms with Crippen molar-refractivity contribution < 1.29 is 9.18 Å². The van der Waals surface area contributed by atoms with Gasteiger partial charge in [0.2, 0.25) is 5.91 Å². The molecule has 1 aliphatic rings. The lowest BCUT2D eigenvalue weighted by Gasteiger charge is -2.30. The Balaban J connectivity index is 2.05. The second kappa shape index (κ2) is 7.21. The summed E-state index contributed by atoms with van der Waals surface area (Å²) in [7, 11) is 0. The summed E-state index contributed by atoms with van der Waals surface area (Å²) in [6, 6.07) is 4.64. The molecule has 21 heavy (non-hydrogen) atoms. The summed E-state index contributed by atoms with van der Waals surface area (Å²) in [5.41, 5.74) is 12.4. The van der Waals surface area contributed by atoms with Gasteiger partial charge >= 0.3 is 0 Å². The Morgan fingerprint density at radius 2 is 2.10 bits per heavy atom. The number of nitrogens with two attached hydrogens (primary N) is 2. The van der Waals surface area contributed by atoms with Crippen LogP contribution >= 0.6 is 0 Å². The Labute approximate surface area is 124 Å². The fourth-order valence-electron chi connectivity index (χ4n) is 2.57. The van der Waals surface area contributed by atoms with Crippen LogP contribution in [0.15, 0.2) is 18.2 Å². The molecule has 4 N–H and O–H groups in total. The van der Waals surface area contributed by atoms with Crippen LogP contribution in [0.25, 0.3) is 0 Å². The van der Waals surface area contributed by atoms with Gasteiger partial charge in [0, 0.05) is 18.0 Å². The second-order valence-electron chi connectivity index (χ2n) is 5.26. The summed E-state index contributed by atoms with van der Waals surface area (Å²) < 4.78 is 13.3. The normalized spacial score (nSPS) is 16.3. The number of halogens is 1. The van der Waals surface area contributed by atoms with Gasteiger partial charge in [0.25, 0.3) is 0 Å². The minimum absolute atomic E-state index is 0.0222. The Hall–Kier alpha value is -1.90. The highest BCUT2D eigenvalue weighted by molar-refractivity contribution is 5.76. The first-order valence-electron chi connectivity index (χ1n) is 7.09. The summed E-state index contributed by atoms with van der Waals surface area (Å²) in [4.78, 5) is 13.4. The summed E-state index contributed by atoms with van der Waals surface area (Å²) in [5, 5.41) is 0. The molecule has 1 fully saturated rings. The molecule has 1 aliphatic heterocycles. The highest BCUT2D eigenvalue weighted by atomic mass is 19.1. The monoisotopic (exact) mass is 289 g/mol. The first kappa shape index (κ1) is 15.5. The van der Waals surface area contributed by atoms with Gasteiger partial charge in [-0.15, -0.1) is 0 Å². The number of likely N-dealkylation sites (tertiary alicyclic amines) is 1. The van der Waals surface area contributed by atoms with Crippen LogP contribution in [0.4, 0.5) is 4.39 Å². The van der Waals surface area contributed by atoms with Crippen molar-refractivity contribution in [1.29, 1.82) is 0 Å². The Bertz CT molecular complexity index is 569. The maximum atomic E-state index is 13.3. The quantitative estimate of drug-likeness (QED) is 0.810. The summed E-state index contributed by atoms with van der Waals surface area (Å²) in [6.07, 6.45) is 1.56.